The van der Waals surface area contributed by atoms with Crippen LogP contribution in [0.15, 0.2) is 0 Å². The minimum atomic E-state index is 0.440. The number of nitrogens with one attached hydrogen (secondary N) is 1. The molecule has 1 aliphatic carbocycles. The summed E-state index contributed by atoms with van der Waals surface area (Å²) in [6.07, 6.45) is 2.48. The van der Waals surface area contributed by atoms with E-state index in [0.717, 1.165) is 6.54 Å². The van der Waals surface area contributed by atoms with Gasteiger partial charge in [-0.05, 0) is 19.4 Å². The van der Waals surface area contributed by atoms with E-state index in [9.17, 15) is 0 Å². The van der Waals surface area contributed by atoms with E-state index in [1.807, 2.05) is 0 Å². The smallest absolute Gasteiger partial charge is 0.0219 e. The first kappa shape index (κ1) is 6.05. The van der Waals surface area contributed by atoms with Gasteiger partial charge in [-0.2, -0.15) is 0 Å². The van der Waals surface area contributed by atoms with Crippen LogP contribution in [-0.2, 0) is 0 Å². The normalized spacial score (nSPS) is 36.8. The zero-order valence-electron chi connectivity index (χ0n) is 5.35. The molecule has 3 N–H and O–H groups in total. The van der Waals surface area contributed by atoms with Crippen molar-refractivity contribution in [2.45, 2.75) is 31.8 Å². The fourth-order valence-corrected chi connectivity index (χ4v) is 1.04. The second-order valence-corrected chi connectivity index (χ2v) is 2.41. The largest absolute Gasteiger partial charge is 0.326 e. The summed E-state index contributed by atoms with van der Waals surface area (Å²) in [4.78, 5) is 0. The third-order valence-electron chi connectivity index (χ3n) is 1.79. The predicted octanol–water partition coefficient (Wildman–Crippen LogP) is 0.0856. The molecule has 0 spiro atoms. The Hall–Kier alpha value is -0.0800. The minimum Gasteiger partial charge on any atom is -0.326 e. The standard InChI is InChI=1S/C6H14N2/c1-2-8-6-4-3-5(6)7/h5-6,8H,2-4,7H2,1H3/t5-,6?/m1/s1. The van der Waals surface area contributed by atoms with E-state index in [0.29, 0.717) is 12.1 Å². The van der Waals surface area contributed by atoms with Crippen LogP contribution in [0.4, 0.5) is 0 Å². The van der Waals surface area contributed by atoms with E-state index in [1.54, 1.807) is 0 Å². The van der Waals surface area contributed by atoms with Crippen molar-refractivity contribution < 1.29 is 0 Å². The average Bonchev–Trinajstić information content (AvgIpc) is 1.79. The Labute approximate surface area is 50.4 Å². The molecule has 0 aromatic rings. The van der Waals surface area contributed by atoms with Crippen LogP contribution in [-0.4, -0.2) is 18.6 Å². The molecule has 1 fully saturated rings. The van der Waals surface area contributed by atoms with Crippen LogP contribution < -0.4 is 11.1 Å². The summed E-state index contributed by atoms with van der Waals surface area (Å²) in [6.45, 7) is 3.17. The third-order valence-corrected chi connectivity index (χ3v) is 1.79. The predicted molar refractivity (Wildman–Crippen MR) is 34.7 cm³/mol. The minimum absolute atomic E-state index is 0.440. The van der Waals surface area contributed by atoms with Crippen molar-refractivity contribution in [2.24, 2.45) is 5.73 Å². The quantitative estimate of drug-likeness (QED) is 0.533. The highest BCUT2D eigenvalue weighted by molar-refractivity contribution is 4.89. The van der Waals surface area contributed by atoms with Gasteiger partial charge in [0.05, 0.1) is 0 Å². The molecule has 1 rings (SSSR count). The second kappa shape index (κ2) is 2.46. The number of nitrogens with two attached hydrogens (primary N) is 1. The molecule has 1 unspecified atom stereocenters. The van der Waals surface area contributed by atoms with Gasteiger partial charge in [0.2, 0.25) is 0 Å². The Balaban J connectivity index is 2.08. The van der Waals surface area contributed by atoms with Crippen LogP contribution in [0.2, 0.25) is 0 Å². The topological polar surface area (TPSA) is 38.0 Å². The van der Waals surface area contributed by atoms with E-state index in [4.69, 9.17) is 5.73 Å². The summed E-state index contributed by atoms with van der Waals surface area (Å²) in [5, 5.41) is 3.31. The van der Waals surface area contributed by atoms with E-state index in [2.05, 4.69) is 12.2 Å². The molecule has 0 heterocycles. The van der Waals surface area contributed by atoms with Crippen molar-refractivity contribution in [3.63, 3.8) is 0 Å². The van der Waals surface area contributed by atoms with Crippen molar-refractivity contribution in [1.82, 2.24) is 5.32 Å². The molecule has 0 radical (unpaired) electrons. The number of hydrogen-bond acceptors (Lipinski definition) is 2. The van der Waals surface area contributed by atoms with Gasteiger partial charge in [0.15, 0.2) is 0 Å². The molecule has 0 amide bonds. The van der Waals surface area contributed by atoms with Crippen LogP contribution >= 0.6 is 0 Å². The molecular formula is C6H14N2. The van der Waals surface area contributed by atoms with Crippen molar-refractivity contribution >= 4 is 0 Å². The molecule has 2 heteroatoms. The van der Waals surface area contributed by atoms with Gasteiger partial charge < -0.3 is 11.1 Å². The van der Waals surface area contributed by atoms with Crippen molar-refractivity contribution in [3.8, 4) is 0 Å². The summed E-state index contributed by atoms with van der Waals surface area (Å²) in [7, 11) is 0. The molecule has 0 bridgehead atoms. The molecule has 2 atom stereocenters. The van der Waals surface area contributed by atoms with Gasteiger partial charge in [-0.1, -0.05) is 6.92 Å². The van der Waals surface area contributed by atoms with Gasteiger partial charge in [-0.25, -0.2) is 0 Å². The maximum absolute atomic E-state index is 5.65. The molecule has 8 heavy (non-hydrogen) atoms. The fraction of sp³-hybridized carbons (Fsp3) is 1.00. The Morgan fingerprint density at radius 2 is 2.38 bits per heavy atom. The van der Waals surface area contributed by atoms with Gasteiger partial charge in [0.1, 0.15) is 0 Å². The number of rotatable bonds is 2. The van der Waals surface area contributed by atoms with Crippen LogP contribution in [0.5, 0.6) is 0 Å². The Morgan fingerprint density at radius 3 is 2.50 bits per heavy atom. The molecule has 0 aromatic carbocycles. The molecule has 2 nitrogen and oxygen atoms in total. The highest BCUT2D eigenvalue weighted by atomic mass is 15.0. The van der Waals surface area contributed by atoms with Crippen LogP contribution in [0.1, 0.15) is 19.8 Å². The zero-order chi connectivity index (χ0) is 5.98. The zero-order valence-corrected chi connectivity index (χ0v) is 5.35. The highest BCUT2D eigenvalue weighted by Gasteiger charge is 2.25. The maximum atomic E-state index is 5.65. The number of likely N-dealkylation sites (N-methyl/N-ethyl adjacent to an activating group) is 1. The molecule has 1 aliphatic rings. The van der Waals surface area contributed by atoms with Crippen LogP contribution in [0.25, 0.3) is 0 Å². The summed E-state index contributed by atoms with van der Waals surface area (Å²) in [5.41, 5.74) is 5.65. The van der Waals surface area contributed by atoms with Crippen molar-refractivity contribution in [3.05, 3.63) is 0 Å². The first-order valence-electron chi connectivity index (χ1n) is 3.33. The summed E-state index contributed by atoms with van der Waals surface area (Å²) >= 11 is 0. The summed E-state index contributed by atoms with van der Waals surface area (Å²) < 4.78 is 0. The lowest BCUT2D eigenvalue weighted by atomic mass is 9.87. The average molecular weight is 114 g/mol. The Bertz CT molecular complexity index is 72.9. The molecule has 0 saturated heterocycles. The van der Waals surface area contributed by atoms with E-state index >= 15 is 0 Å². The first-order chi connectivity index (χ1) is 3.84. The Kier molecular flexibility index (Phi) is 1.86. The molecule has 48 valence electrons. The SMILES string of the molecule is CCNC1CC[C@H]1N. The second-order valence-electron chi connectivity index (χ2n) is 2.41. The number of hydrogen-bond donors (Lipinski definition) is 2. The van der Waals surface area contributed by atoms with Crippen molar-refractivity contribution in [2.75, 3.05) is 6.54 Å². The van der Waals surface area contributed by atoms with Crippen LogP contribution in [0, 0.1) is 0 Å². The molecule has 0 aliphatic heterocycles. The van der Waals surface area contributed by atoms with Crippen molar-refractivity contribution in [1.29, 1.82) is 0 Å². The van der Waals surface area contributed by atoms with Crippen LogP contribution in [0.3, 0.4) is 0 Å². The monoisotopic (exact) mass is 114 g/mol. The first-order valence-corrected chi connectivity index (χ1v) is 3.33. The fourth-order valence-electron chi connectivity index (χ4n) is 1.04. The highest BCUT2D eigenvalue weighted by Crippen LogP contribution is 2.16. The summed E-state index contributed by atoms with van der Waals surface area (Å²) in [5.74, 6) is 0. The van der Waals surface area contributed by atoms with Gasteiger partial charge >= 0.3 is 0 Å². The molecular weight excluding hydrogens is 100 g/mol. The van der Waals surface area contributed by atoms with Gasteiger partial charge in [-0.3, -0.25) is 0 Å². The van der Waals surface area contributed by atoms with E-state index < -0.39 is 0 Å². The molecule has 1 saturated carbocycles. The maximum Gasteiger partial charge on any atom is 0.0219 e. The lowest BCUT2D eigenvalue weighted by Crippen LogP contribution is -2.52. The Morgan fingerprint density at radius 1 is 1.62 bits per heavy atom. The van der Waals surface area contributed by atoms with Gasteiger partial charge in [0.25, 0.3) is 0 Å². The summed E-state index contributed by atoms with van der Waals surface area (Å²) in [6, 6.07) is 1.06. The lowest BCUT2D eigenvalue weighted by molar-refractivity contribution is 0.290. The lowest BCUT2D eigenvalue weighted by Gasteiger charge is -2.33. The van der Waals surface area contributed by atoms with E-state index in [-0.39, 0.29) is 0 Å². The third kappa shape index (κ3) is 1.01. The van der Waals surface area contributed by atoms with Gasteiger partial charge in [-0.15, -0.1) is 0 Å². The molecule has 0 aromatic heterocycles. The van der Waals surface area contributed by atoms with Gasteiger partial charge in [0, 0.05) is 12.1 Å². The van der Waals surface area contributed by atoms with E-state index in [1.165, 1.54) is 12.8 Å².